The van der Waals surface area contributed by atoms with Gasteiger partial charge in [-0.2, -0.15) is 8.78 Å². The maximum atomic E-state index is 14.5. The van der Waals surface area contributed by atoms with Gasteiger partial charge < -0.3 is 20.7 Å². The van der Waals surface area contributed by atoms with E-state index in [1.54, 1.807) is 24.3 Å². The second-order valence-electron chi connectivity index (χ2n) is 9.05. The fourth-order valence-electron chi connectivity index (χ4n) is 3.84. The van der Waals surface area contributed by atoms with Gasteiger partial charge in [0.15, 0.2) is 5.82 Å². The molecular weight excluding hydrogens is 570 g/mol. The van der Waals surface area contributed by atoms with Crippen LogP contribution in [-0.2, 0) is 41.7 Å². The number of amides is 2. The van der Waals surface area contributed by atoms with Crippen molar-refractivity contribution in [3.05, 3.63) is 123 Å². The van der Waals surface area contributed by atoms with E-state index in [4.69, 9.17) is 16.3 Å². The molecule has 0 spiro atoms. The molecule has 2 amide bonds. The molecule has 0 atom stereocenters. The van der Waals surface area contributed by atoms with Crippen molar-refractivity contribution in [2.75, 3.05) is 11.9 Å². The van der Waals surface area contributed by atoms with Crippen LogP contribution in [0.3, 0.4) is 0 Å². The van der Waals surface area contributed by atoms with Gasteiger partial charge in [-0.1, -0.05) is 72.3 Å². The van der Waals surface area contributed by atoms with Crippen LogP contribution in [0.5, 0.6) is 0 Å². The summed E-state index contributed by atoms with van der Waals surface area (Å²) in [6.07, 6.45) is 1.74. The van der Waals surface area contributed by atoms with E-state index < -0.39 is 48.1 Å². The Hall–Kier alpha value is -4.84. The highest BCUT2D eigenvalue weighted by molar-refractivity contribution is 6.29. The zero-order valence-electron chi connectivity index (χ0n) is 22.2. The molecule has 4 rings (SSSR count). The van der Waals surface area contributed by atoms with Crippen LogP contribution in [0.25, 0.3) is 0 Å². The molecule has 10 nitrogen and oxygen atoms in total. The first-order valence-electron chi connectivity index (χ1n) is 12.8. The van der Waals surface area contributed by atoms with Crippen molar-refractivity contribution in [2.45, 2.75) is 32.2 Å². The van der Waals surface area contributed by atoms with Crippen molar-refractivity contribution in [1.82, 2.24) is 25.2 Å². The lowest BCUT2D eigenvalue weighted by atomic mass is 10.1. The molecule has 0 aliphatic rings. The van der Waals surface area contributed by atoms with Crippen LogP contribution in [0, 0.1) is 0 Å². The molecule has 13 heteroatoms. The SMILES string of the molecule is O=C(Cn1c(Cl)cnc(NCC(F)(F)c2ccccn2)c1=O)NCc1ccccc1CNC(=O)OCc1ccccc1. The summed E-state index contributed by atoms with van der Waals surface area (Å²) in [6.45, 7) is -1.03. The van der Waals surface area contributed by atoms with Crippen LogP contribution in [0.1, 0.15) is 22.4 Å². The van der Waals surface area contributed by atoms with E-state index in [0.29, 0.717) is 0 Å². The first-order chi connectivity index (χ1) is 20.2. The third-order valence-corrected chi connectivity index (χ3v) is 6.36. The van der Waals surface area contributed by atoms with Gasteiger partial charge in [0, 0.05) is 19.3 Å². The normalized spacial score (nSPS) is 11.0. The van der Waals surface area contributed by atoms with Gasteiger partial charge in [0.05, 0.1) is 12.7 Å². The maximum Gasteiger partial charge on any atom is 0.407 e. The van der Waals surface area contributed by atoms with Crippen molar-refractivity contribution in [3.8, 4) is 0 Å². The largest absolute Gasteiger partial charge is 0.445 e. The Morgan fingerprint density at radius 3 is 2.26 bits per heavy atom. The summed E-state index contributed by atoms with van der Waals surface area (Å²) in [7, 11) is 0. The number of ether oxygens (including phenoxy) is 1. The van der Waals surface area contributed by atoms with E-state index in [9.17, 15) is 23.2 Å². The predicted octanol–water partition coefficient (Wildman–Crippen LogP) is 4.24. The van der Waals surface area contributed by atoms with Gasteiger partial charge in [-0.15, -0.1) is 0 Å². The van der Waals surface area contributed by atoms with Gasteiger partial charge in [-0.05, 0) is 28.8 Å². The van der Waals surface area contributed by atoms with E-state index in [1.165, 1.54) is 24.4 Å². The highest BCUT2D eigenvalue weighted by Crippen LogP contribution is 2.25. The number of carbonyl (C=O) groups is 2. The molecule has 0 aliphatic heterocycles. The van der Waals surface area contributed by atoms with Gasteiger partial charge in [-0.25, -0.2) is 9.78 Å². The molecule has 42 heavy (non-hydrogen) atoms. The average molecular weight is 597 g/mol. The number of nitrogens with one attached hydrogen (secondary N) is 3. The van der Waals surface area contributed by atoms with Crippen molar-refractivity contribution >= 4 is 29.4 Å². The van der Waals surface area contributed by atoms with E-state index in [0.717, 1.165) is 27.5 Å². The molecular formula is C29H27ClF2N6O4. The molecule has 0 radical (unpaired) electrons. The van der Waals surface area contributed by atoms with Crippen LogP contribution >= 0.6 is 11.6 Å². The number of aromatic nitrogens is 3. The van der Waals surface area contributed by atoms with Crippen LogP contribution in [-0.4, -0.2) is 33.1 Å². The number of anilines is 1. The van der Waals surface area contributed by atoms with Crippen molar-refractivity contribution in [2.24, 2.45) is 0 Å². The highest BCUT2D eigenvalue weighted by Gasteiger charge is 2.33. The number of nitrogens with zero attached hydrogens (tertiary/aromatic N) is 3. The fourth-order valence-corrected chi connectivity index (χ4v) is 4.02. The minimum Gasteiger partial charge on any atom is -0.445 e. The summed E-state index contributed by atoms with van der Waals surface area (Å²) in [5.41, 5.74) is 1.02. The molecule has 218 valence electrons. The predicted molar refractivity (Wildman–Crippen MR) is 152 cm³/mol. The Balaban J connectivity index is 1.32. The van der Waals surface area contributed by atoms with Gasteiger partial charge in [-0.3, -0.25) is 19.1 Å². The Bertz CT molecular complexity index is 1570. The Kier molecular flexibility index (Phi) is 10.2. The van der Waals surface area contributed by atoms with Crippen LogP contribution < -0.4 is 21.5 Å². The Morgan fingerprint density at radius 1 is 0.905 bits per heavy atom. The average Bonchev–Trinajstić information content (AvgIpc) is 3.01. The van der Waals surface area contributed by atoms with E-state index in [-0.39, 0.29) is 24.8 Å². The third kappa shape index (κ3) is 8.33. The minimum atomic E-state index is -3.38. The molecule has 4 aromatic rings. The van der Waals surface area contributed by atoms with Crippen LogP contribution in [0.4, 0.5) is 19.4 Å². The van der Waals surface area contributed by atoms with E-state index >= 15 is 0 Å². The zero-order valence-corrected chi connectivity index (χ0v) is 23.0. The summed E-state index contributed by atoms with van der Waals surface area (Å²) in [6, 6.07) is 20.5. The number of halogens is 3. The smallest absolute Gasteiger partial charge is 0.407 e. The number of alkyl halides is 2. The third-order valence-electron chi connectivity index (χ3n) is 6.06. The number of pyridine rings is 1. The number of benzene rings is 2. The topological polar surface area (TPSA) is 127 Å². The van der Waals surface area contributed by atoms with Crippen LogP contribution in [0.2, 0.25) is 5.15 Å². The first kappa shape index (κ1) is 30.1. The Morgan fingerprint density at radius 2 is 1.57 bits per heavy atom. The lowest BCUT2D eigenvalue weighted by Gasteiger charge is -2.17. The summed E-state index contributed by atoms with van der Waals surface area (Å²) < 4.78 is 35.1. The maximum absolute atomic E-state index is 14.5. The van der Waals surface area contributed by atoms with E-state index in [1.807, 2.05) is 30.3 Å². The lowest BCUT2D eigenvalue weighted by molar-refractivity contribution is -0.121. The molecule has 0 fully saturated rings. The van der Waals surface area contributed by atoms with Gasteiger partial charge >= 0.3 is 12.0 Å². The van der Waals surface area contributed by atoms with Crippen LogP contribution in [0.15, 0.2) is 90.0 Å². The summed E-state index contributed by atoms with van der Waals surface area (Å²) >= 11 is 6.09. The first-order valence-corrected chi connectivity index (χ1v) is 13.2. The zero-order chi connectivity index (χ0) is 30.0. The van der Waals surface area contributed by atoms with Gasteiger partial charge in [0.25, 0.3) is 5.56 Å². The molecule has 2 aromatic heterocycles. The van der Waals surface area contributed by atoms with Crippen molar-refractivity contribution < 1.29 is 23.1 Å². The monoisotopic (exact) mass is 596 g/mol. The molecule has 0 saturated heterocycles. The second-order valence-corrected chi connectivity index (χ2v) is 9.44. The highest BCUT2D eigenvalue weighted by atomic mass is 35.5. The second kappa shape index (κ2) is 14.2. The molecule has 0 saturated carbocycles. The molecule has 0 unspecified atom stereocenters. The number of carbonyl (C=O) groups excluding carboxylic acids is 2. The van der Waals surface area contributed by atoms with Gasteiger partial charge in [0.2, 0.25) is 5.91 Å². The van der Waals surface area contributed by atoms with Crippen molar-refractivity contribution in [3.63, 3.8) is 0 Å². The molecule has 3 N–H and O–H groups in total. The fraction of sp³-hybridized carbons (Fsp3) is 0.207. The lowest BCUT2D eigenvalue weighted by Crippen LogP contribution is -2.35. The van der Waals surface area contributed by atoms with Gasteiger partial charge in [0.1, 0.15) is 24.0 Å². The number of alkyl carbamates (subject to hydrolysis) is 1. The summed E-state index contributed by atoms with van der Waals surface area (Å²) in [4.78, 5) is 45.2. The summed E-state index contributed by atoms with van der Waals surface area (Å²) in [5, 5.41) is 7.57. The minimum absolute atomic E-state index is 0.0919. The van der Waals surface area contributed by atoms with E-state index in [2.05, 4.69) is 25.9 Å². The van der Waals surface area contributed by atoms with Crippen molar-refractivity contribution in [1.29, 1.82) is 0 Å². The Labute approximate surface area is 244 Å². The number of hydrogen-bond donors (Lipinski definition) is 3. The number of rotatable bonds is 12. The molecule has 0 bridgehead atoms. The quantitative estimate of drug-likeness (QED) is 0.223. The summed E-state index contributed by atoms with van der Waals surface area (Å²) in [5.74, 6) is -4.32. The molecule has 0 aliphatic carbocycles. The number of hydrogen-bond acceptors (Lipinski definition) is 7. The molecule has 2 aromatic carbocycles. The molecule has 2 heterocycles. The standard InChI is InChI=1S/C29H27ClF2N6O4/c30-24-16-35-26(37-19-29(31,32)23-12-6-7-13-33-23)27(40)38(24)17-25(39)34-14-21-10-4-5-11-22(21)15-36-28(41)42-18-20-8-2-1-3-9-20/h1-13,16H,14-15,17-19H2,(H,34,39)(H,35,37)(H,36,41).